The van der Waals surface area contributed by atoms with Gasteiger partial charge in [-0.15, -0.1) is 11.3 Å². The molecule has 0 unspecified atom stereocenters. The van der Waals surface area contributed by atoms with E-state index in [2.05, 4.69) is 31.5 Å². The van der Waals surface area contributed by atoms with Gasteiger partial charge in [0.15, 0.2) is 5.82 Å². The first kappa shape index (κ1) is 21.9. The van der Waals surface area contributed by atoms with Gasteiger partial charge < -0.3 is 15.7 Å². The Morgan fingerprint density at radius 1 is 1.20 bits per heavy atom. The van der Waals surface area contributed by atoms with Crippen molar-refractivity contribution in [2.24, 2.45) is 0 Å². The zero-order chi connectivity index (χ0) is 21.8. The minimum Gasteiger partial charge on any atom is -0.481 e. The predicted molar refractivity (Wildman–Crippen MR) is 123 cm³/mol. The monoisotopic (exact) mass is 488 g/mol. The van der Waals surface area contributed by atoms with Gasteiger partial charge in [-0.2, -0.15) is 0 Å². The molecule has 0 atom stereocenters. The molecule has 0 aliphatic rings. The van der Waals surface area contributed by atoms with Crippen LogP contribution in [0.1, 0.15) is 30.7 Å². The number of carboxylic acids is 1. The molecule has 156 valence electrons. The van der Waals surface area contributed by atoms with Crippen molar-refractivity contribution >= 4 is 56.3 Å². The van der Waals surface area contributed by atoms with Crippen LogP contribution in [0.4, 0.5) is 17.2 Å². The summed E-state index contributed by atoms with van der Waals surface area (Å²) in [5.41, 5.74) is 3.56. The standard InChI is InChI=1S/C21H21BrN4O3S/c1-4-15-11(2)23-21(17-7-8-18(22)30-17)26-20(15)25-14-6-5-13(9-19(28)29)16(10-14)24-12(3)27/h5-8,10H,4,9H2,1-3H3,(H,24,27)(H,28,29)(H,23,25,26). The number of anilines is 3. The second kappa shape index (κ2) is 9.36. The number of amides is 1. The Morgan fingerprint density at radius 3 is 2.57 bits per heavy atom. The number of thiophene rings is 1. The third-order valence-electron chi connectivity index (χ3n) is 4.39. The maximum Gasteiger partial charge on any atom is 0.307 e. The molecule has 3 rings (SSSR count). The first-order valence-electron chi connectivity index (χ1n) is 9.29. The summed E-state index contributed by atoms with van der Waals surface area (Å²) in [6, 6.07) is 9.12. The summed E-state index contributed by atoms with van der Waals surface area (Å²) in [5.74, 6) is 0.0852. The number of nitrogens with zero attached hydrogens (tertiary/aromatic N) is 2. The number of hydrogen-bond acceptors (Lipinski definition) is 6. The molecule has 3 aromatic rings. The summed E-state index contributed by atoms with van der Waals surface area (Å²) < 4.78 is 1.00. The van der Waals surface area contributed by atoms with Crippen LogP contribution in [0.2, 0.25) is 0 Å². The van der Waals surface area contributed by atoms with Crippen molar-refractivity contribution < 1.29 is 14.7 Å². The van der Waals surface area contributed by atoms with E-state index >= 15 is 0 Å². The van der Waals surface area contributed by atoms with Gasteiger partial charge in [0.2, 0.25) is 5.91 Å². The van der Waals surface area contributed by atoms with Crippen molar-refractivity contribution in [3.63, 3.8) is 0 Å². The first-order chi connectivity index (χ1) is 14.3. The third-order valence-corrected chi connectivity index (χ3v) is 6.01. The second-order valence-electron chi connectivity index (χ2n) is 6.67. The molecule has 0 bridgehead atoms. The molecule has 0 saturated carbocycles. The Bertz CT molecular complexity index is 1110. The third kappa shape index (κ3) is 5.22. The number of carbonyl (C=O) groups excluding carboxylic acids is 1. The number of carboxylic acid groups (broad SMARTS) is 1. The molecule has 9 heteroatoms. The van der Waals surface area contributed by atoms with Gasteiger partial charge in [-0.3, -0.25) is 9.59 Å². The normalized spacial score (nSPS) is 10.7. The van der Waals surface area contributed by atoms with Crippen molar-refractivity contribution in [2.45, 2.75) is 33.6 Å². The van der Waals surface area contributed by atoms with E-state index in [1.54, 1.807) is 29.5 Å². The Labute approximate surface area is 186 Å². The van der Waals surface area contributed by atoms with Crippen molar-refractivity contribution in [1.82, 2.24) is 9.97 Å². The topological polar surface area (TPSA) is 104 Å². The SMILES string of the molecule is CCc1c(C)nc(-c2ccc(Br)s2)nc1Nc1ccc(CC(=O)O)c(NC(C)=O)c1. The molecule has 0 aliphatic heterocycles. The van der Waals surface area contributed by atoms with Crippen molar-refractivity contribution in [1.29, 1.82) is 0 Å². The fourth-order valence-corrected chi connectivity index (χ4v) is 4.40. The molecule has 30 heavy (non-hydrogen) atoms. The van der Waals surface area contributed by atoms with Crippen LogP contribution in [0.25, 0.3) is 10.7 Å². The molecule has 0 spiro atoms. The molecule has 1 amide bonds. The summed E-state index contributed by atoms with van der Waals surface area (Å²) in [6.07, 6.45) is 0.568. The van der Waals surface area contributed by atoms with Crippen LogP contribution in [0.15, 0.2) is 34.1 Å². The van der Waals surface area contributed by atoms with E-state index < -0.39 is 5.97 Å². The maximum absolute atomic E-state index is 11.6. The zero-order valence-electron chi connectivity index (χ0n) is 16.7. The fraction of sp³-hybridized carbons (Fsp3) is 0.238. The Balaban J connectivity index is 2.01. The number of carbonyl (C=O) groups is 2. The molecule has 2 heterocycles. The van der Waals surface area contributed by atoms with Crippen LogP contribution in [0.3, 0.4) is 0 Å². The molecule has 1 aromatic carbocycles. The van der Waals surface area contributed by atoms with E-state index in [4.69, 9.17) is 10.1 Å². The highest BCUT2D eigenvalue weighted by Gasteiger charge is 2.15. The highest BCUT2D eigenvalue weighted by atomic mass is 79.9. The van der Waals surface area contributed by atoms with Gasteiger partial charge in [0.25, 0.3) is 0 Å². The Kier molecular flexibility index (Phi) is 6.84. The number of hydrogen-bond donors (Lipinski definition) is 3. The van der Waals surface area contributed by atoms with Gasteiger partial charge >= 0.3 is 5.97 Å². The number of aliphatic carboxylic acids is 1. The number of benzene rings is 1. The summed E-state index contributed by atoms with van der Waals surface area (Å²) in [7, 11) is 0. The van der Waals surface area contributed by atoms with Gasteiger partial charge in [0.1, 0.15) is 5.82 Å². The first-order valence-corrected chi connectivity index (χ1v) is 10.9. The number of aryl methyl sites for hydroxylation is 1. The molecular weight excluding hydrogens is 468 g/mol. The van der Waals surface area contributed by atoms with Crippen molar-refractivity contribution in [2.75, 3.05) is 10.6 Å². The molecule has 0 radical (unpaired) electrons. The van der Waals surface area contributed by atoms with Crippen molar-refractivity contribution in [3.05, 3.63) is 50.9 Å². The van der Waals surface area contributed by atoms with Crippen LogP contribution < -0.4 is 10.6 Å². The lowest BCUT2D eigenvalue weighted by Gasteiger charge is -2.16. The lowest BCUT2D eigenvalue weighted by Crippen LogP contribution is -2.11. The van der Waals surface area contributed by atoms with Gasteiger partial charge in [-0.25, -0.2) is 9.97 Å². The summed E-state index contributed by atoms with van der Waals surface area (Å²) in [5, 5.41) is 15.1. The smallest absolute Gasteiger partial charge is 0.307 e. The zero-order valence-corrected chi connectivity index (χ0v) is 19.1. The number of aromatic nitrogens is 2. The number of nitrogens with one attached hydrogen (secondary N) is 2. The van der Waals surface area contributed by atoms with Crippen LogP contribution in [-0.2, 0) is 22.4 Å². The van der Waals surface area contributed by atoms with Gasteiger partial charge in [-0.05, 0) is 59.1 Å². The molecule has 0 saturated heterocycles. The van der Waals surface area contributed by atoms with E-state index in [0.717, 1.165) is 26.3 Å². The fourth-order valence-electron chi connectivity index (χ4n) is 3.08. The molecule has 7 nitrogen and oxygen atoms in total. The van der Waals surface area contributed by atoms with E-state index in [-0.39, 0.29) is 12.3 Å². The Morgan fingerprint density at radius 2 is 1.97 bits per heavy atom. The van der Waals surface area contributed by atoms with Gasteiger partial charge in [0, 0.05) is 29.6 Å². The average molecular weight is 489 g/mol. The largest absolute Gasteiger partial charge is 0.481 e. The van der Waals surface area contributed by atoms with E-state index in [1.807, 2.05) is 26.0 Å². The highest BCUT2D eigenvalue weighted by Crippen LogP contribution is 2.32. The average Bonchev–Trinajstić information content (AvgIpc) is 3.09. The van der Waals surface area contributed by atoms with Crippen LogP contribution in [0.5, 0.6) is 0 Å². The van der Waals surface area contributed by atoms with E-state index in [9.17, 15) is 9.59 Å². The molecule has 3 N–H and O–H groups in total. The summed E-state index contributed by atoms with van der Waals surface area (Å²) in [4.78, 5) is 33.0. The van der Waals surface area contributed by atoms with E-state index in [0.29, 0.717) is 28.6 Å². The van der Waals surface area contributed by atoms with E-state index in [1.165, 1.54) is 6.92 Å². The summed E-state index contributed by atoms with van der Waals surface area (Å²) >= 11 is 5.03. The van der Waals surface area contributed by atoms with Crippen LogP contribution in [-0.4, -0.2) is 27.0 Å². The van der Waals surface area contributed by atoms with Crippen molar-refractivity contribution in [3.8, 4) is 10.7 Å². The highest BCUT2D eigenvalue weighted by molar-refractivity contribution is 9.11. The van der Waals surface area contributed by atoms with Gasteiger partial charge in [-0.1, -0.05) is 13.0 Å². The number of halogens is 1. The molecule has 2 aromatic heterocycles. The predicted octanol–water partition coefficient (Wildman–Crippen LogP) is 5.17. The molecular formula is C21H21BrN4O3S. The summed E-state index contributed by atoms with van der Waals surface area (Å²) in [6.45, 7) is 5.38. The minimum absolute atomic E-state index is 0.180. The molecule has 0 aliphatic carbocycles. The lowest BCUT2D eigenvalue weighted by atomic mass is 10.1. The quantitative estimate of drug-likeness (QED) is 0.423. The maximum atomic E-state index is 11.6. The van der Waals surface area contributed by atoms with Gasteiger partial charge in [0.05, 0.1) is 15.1 Å². The van der Waals surface area contributed by atoms with Crippen LogP contribution >= 0.6 is 27.3 Å². The van der Waals surface area contributed by atoms with Crippen LogP contribution in [0, 0.1) is 6.92 Å². The molecule has 0 fully saturated rings. The minimum atomic E-state index is -0.964. The lowest BCUT2D eigenvalue weighted by molar-refractivity contribution is -0.136. The number of rotatable bonds is 7. The Hall–Kier alpha value is -2.78. The second-order valence-corrected chi connectivity index (χ2v) is 9.13.